The average molecular weight is 340 g/mol. The number of nitrogens with zero attached hydrogens (tertiary/aromatic N) is 2. The first-order valence-corrected chi connectivity index (χ1v) is 8.19. The van der Waals surface area contributed by atoms with Crippen LogP contribution < -0.4 is 5.73 Å². The SMILES string of the molecule is Cl.Nc1ncc(CN2CCC(C(O)c3ccccc3)CC2)s1. The van der Waals surface area contributed by atoms with Crippen LogP contribution in [0.2, 0.25) is 0 Å². The number of rotatable bonds is 4. The standard InChI is InChI=1S/C16H21N3OS.ClH/c17-16-18-10-14(21-16)11-19-8-6-13(7-9-19)15(20)12-4-2-1-3-5-12;/h1-5,10,13,15,20H,6-9,11H2,(H2,17,18);1H. The predicted octanol–water partition coefficient (Wildman–Crippen LogP) is 3.09. The van der Waals surface area contributed by atoms with E-state index in [-0.39, 0.29) is 18.5 Å². The second-order valence-corrected chi connectivity index (χ2v) is 6.78. The molecule has 3 N–H and O–H groups in total. The Hall–Kier alpha value is -1.14. The second-order valence-electron chi connectivity index (χ2n) is 5.63. The number of aliphatic hydroxyl groups excluding tert-OH is 1. The Morgan fingerprint density at radius 3 is 2.55 bits per heavy atom. The number of aliphatic hydroxyl groups is 1. The maximum absolute atomic E-state index is 10.5. The zero-order valence-electron chi connectivity index (χ0n) is 12.4. The number of nitrogens with two attached hydrogens (primary N) is 1. The lowest BCUT2D eigenvalue weighted by molar-refractivity contribution is 0.0570. The molecular weight excluding hydrogens is 318 g/mol. The van der Waals surface area contributed by atoms with E-state index in [9.17, 15) is 5.11 Å². The minimum absolute atomic E-state index is 0. The molecule has 0 bridgehead atoms. The van der Waals surface area contributed by atoms with Gasteiger partial charge < -0.3 is 10.8 Å². The molecule has 0 saturated carbocycles. The van der Waals surface area contributed by atoms with Crippen molar-refractivity contribution in [2.75, 3.05) is 18.8 Å². The Bertz CT molecular complexity index is 570. The second kappa shape index (κ2) is 7.92. The van der Waals surface area contributed by atoms with Crippen LogP contribution in [0.15, 0.2) is 36.5 Å². The van der Waals surface area contributed by atoms with Crippen molar-refractivity contribution in [3.8, 4) is 0 Å². The van der Waals surface area contributed by atoms with Gasteiger partial charge in [0.05, 0.1) is 6.10 Å². The summed E-state index contributed by atoms with van der Waals surface area (Å²) in [4.78, 5) is 7.73. The first-order chi connectivity index (χ1) is 10.2. The van der Waals surface area contributed by atoms with Crippen LogP contribution in [0, 0.1) is 5.92 Å². The van der Waals surface area contributed by atoms with Crippen LogP contribution in [-0.4, -0.2) is 28.1 Å². The van der Waals surface area contributed by atoms with Gasteiger partial charge in [0.1, 0.15) is 0 Å². The van der Waals surface area contributed by atoms with E-state index in [1.54, 1.807) is 11.3 Å². The maximum Gasteiger partial charge on any atom is 0.180 e. The van der Waals surface area contributed by atoms with Gasteiger partial charge in [-0.15, -0.1) is 23.7 Å². The van der Waals surface area contributed by atoms with E-state index in [0.717, 1.165) is 38.0 Å². The van der Waals surface area contributed by atoms with Crippen LogP contribution in [0.4, 0.5) is 5.13 Å². The molecule has 3 rings (SSSR count). The molecule has 0 radical (unpaired) electrons. The van der Waals surface area contributed by atoms with Crippen molar-refractivity contribution in [1.82, 2.24) is 9.88 Å². The molecule has 1 unspecified atom stereocenters. The van der Waals surface area contributed by atoms with Crippen LogP contribution in [0.25, 0.3) is 0 Å². The van der Waals surface area contributed by atoms with Gasteiger partial charge in [0.2, 0.25) is 0 Å². The van der Waals surface area contributed by atoms with Gasteiger partial charge in [0, 0.05) is 17.6 Å². The lowest BCUT2D eigenvalue weighted by atomic mass is 9.87. The maximum atomic E-state index is 10.5. The molecule has 2 aromatic rings. The monoisotopic (exact) mass is 339 g/mol. The molecule has 0 amide bonds. The van der Waals surface area contributed by atoms with Crippen LogP contribution in [0.1, 0.15) is 29.4 Å². The number of halogens is 1. The third-order valence-electron chi connectivity index (χ3n) is 4.17. The number of likely N-dealkylation sites (tertiary alicyclic amines) is 1. The van der Waals surface area contributed by atoms with E-state index in [1.807, 2.05) is 36.5 Å². The number of thiazole rings is 1. The fraction of sp³-hybridized carbons (Fsp3) is 0.438. The Morgan fingerprint density at radius 2 is 1.95 bits per heavy atom. The normalized spacial score (nSPS) is 17.9. The number of hydrogen-bond acceptors (Lipinski definition) is 5. The topological polar surface area (TPSA) is 62.4 Å². The largest absolute Gasteiger partial charge is 0.388 e. The van der Waals surface area contributed by atoms with Crippen molar-refractivity contribution in [3.63, 3.8) is 0 Å². The third kappa shape index (κ3) is 4.20. The number of anilines is 1. The van der Waals surface area contributed by atoms with Crippen LogP contribution in [-0.2, 0) is 6.54 Å². The van der Waals surface area contributed by atoms with E-state index < -0.39 is 0 Å². The summed E-state index contributed by atoms with van der Waals surface area (Å²) < 4.78 is 0. The molecular formula is C16H22ClN3OS. The number of benzene rings is 1. The summed E-state index contributed by atoms with van der Waals surface area (Å²) >= 11 is 1.56. The highest BCUT2D eigenvalue weighted by Crippen LogP contribution is 2.31. The molecule has 22 heavy (non-hydrogen) atoms. The molecule has 4 nitrogen and oxygen atoms in total. The van der Waals surface area contributed by atoms with E-state index in [0.29, 0.717) is 11.0 Å². The molecule has 1 fully saturated rings. The van der Waals surface area contributed by atoms with Crippen molar-refractivity contribution < 1.29 is 5.11 Å². The number of aromatic nitrogens is 1. The first-order valence-electron chi connectivity index (χ1n) is 7.38. The summed E-state index contributed by atoms with van der Waals surface area (Å²) in [5.41, 5.74) is 6.70. The molecule has 120 valence electrons. The van der Waals surface area contributed by atoms with E-state index in [4.69, 9.17) is 5.73 Å². The molecule has 1 aliphatic heterocycles. The van der Waals surface area contributed by atoms with Crippen molar-refractivity contribution in [2.24, 2.45) is 5.92 Å². The predicted molar refractivity (Wildman–Crippen MR) is 93.2 cm³/mol. The molecule has 1 aromatic heterocycles. The lowest BCUT2D eigenvalue weighted by Crippen LogP contribution is -2.35. The highest BCUT2D eigenvalue weighted by Gasteiger charge is 2.26. The summed E-state index contributed by atoms with van der Waals surface area (Å²) in [5.74, 6) is 0.357. The minimum atomic E-state index is -0.340. The summed E-state index contributed by atoms with van der Waals surface area (Å²) in [5, 5.41) is 11.1. The van der Waals surface area contributed by atoms with Crippen molar-refractivity contribution >= 4 is 28.9 Å². The van der Waals surface area contributed by atoms with Crippen molar-refractivity contribution in [2.45, 2.75) is 25.5 Å². The van der Waals surface area contributed by atoms with Gasteiger partial charge in [-0.2, -0.15) is 0 Å². The van der Waals surface area contributed by atoms with Crippen LogP contribution in [0.5, 0.6) is 0 Å². The highest BCUT2D eigenvalue weighted by atomic mass is 35.5. The Morgan fingerprint density at radius 1 is 1.27 bits per heavy atom. The zero-order chi connectivity index (χ0) is 14.7. The number of hydrogen-bond donors (Lipinski definition) is 2. The third-order valence-corrected chi connectivity index (χ3v) is 4.98. The molecule has 6 heteroatoms. The minimum Gasteiger partial charge on any atom is -0.388 e. The quantitative estimate of drug-likeness (QED) is 0.898. The molecule has 1 atom stereocenters. The van der Waals surface area contributed by atoms with Gasteiger partial charge in [0.15, 0.2) is 5.13 Å². The summed E-state index contributed by atoms with van der Waals surface area (Å²) in [6.45, 7) is 2.96. The smallest absolute Gasteiger partial charge is 0.180 e. The van der Waals surface area contributed by atoms with Gasteiger partial charge in [0.25, 0.3) is 0 Å². The van der Waals surface area contributed by atoms with E-state index in [1.165, 1.54) is 4.88 Å². The average Bonchev–Trinajstić information content (AvgIpc) is 2.93. The van der Waals surface area contributed by atoms with Gasteiger partial charge in [-0.05, 0) is 37.4 Å². The van der Waals surface area contributed by atoms with Gasteiger partial charge in [-0.1, -0.05) is 30.3 Å². The molecule has 1 aliphatic rings. The van der Waals surface area contributed by atoms with E-state index in [2.05, 4.69) is 9.88 Å². The highest BCUT2D eigenvalue weighted by molar-refractivity contribution is 7.15. The van der Waals surface area contributed by atoms with Crippen molar-refractivity contribution in [1.29, 1.82) is 0 Å². The lowest BCUT2D eigenvalue weighted by Gasteiger charge is -2.34. The molecule has 0 aliphatic carbocycles. The molecule has 1 saturated heterocycles. The Kier molecular flexibility index (Phi) is 6.20. The van der Waals surface area contributed by atoms with Crippen LogP contribution >= 0.6 is 23.7 Å². The summed E-state index contributed by atoms with van der Waals surface area (Å²) in [6, 6.07) is 9.98. The molecule has 0 spiro atoms. The Balaban J connectivity index is 0.00000176. The van der Waals surface area contributed by atoms with Gasteiger partial charge in [-0.3, -0.25) is 4.90 Å². The fourth-order valence-corrected chi connectivity index (χ4v) is 3.69. The fourth-order valence-electron chi connectivity index (χ4n) is 2.97. The first kappa shape index (κ1) is 17.2. The zero-order valence-corrected chi connectivity index (χ0v) is 14.0. The molecule has 1 aromatic carbocycles. The van der Waals surface area contributed by atoms with Gasteiger partial charge >= 0.3 is 0 Å². The number of nitrogen functional groups attached to an aromatic ring is 1. The Labute approximate surface area is 141 Å². The molecule has 2 heterocycles. The van der Waals surface area contributed by atoms with Gasteiger partial charge in [-0.25, -0.2) is 4.98 Å². The summed E-state index contributed by atoms with van der Waals surface area (Å²) in [7, 11) is 0. The van der Waals surface area contributed by atoms with Crippen LogP contribution in [0.3, 0.4) is 0 Å². The summed E-state index contributed by atoms with van der Waals surface area (Å²) in [6.07, 6.45) is 3.59. The van der Waals surface area contributed by atoms with Crippen molar-refractivity contribution in [3.05, 3.63) is 47.0 Å². The number of piperidine rings is 1. The van der Waals surface area contributed by atoms with E-state index >= 15 is 0 Å².